The lowest BCUT2D eigenvalue weighted by atomic mass is 10.2. The maximum Gasteiger partial charge on any atom is 0.271 e. The van der Waals surface area contributed by atoms with Crippen molar-refractivity contribution in [2.45, 2.75) is 0 Å². The van der Waals surface area contributed by atoms with Crippen LogP contribution in [0.25, 0.3) is 6.08 Å². The lowest BCUT2D eigenvalue weighted by Crippen LogP contribution is -2.09. The van der Waals surface area contributed by atoms with Crippen LogP contribution in [0.5, 0.6) is 5.75 Å². The standard InChI is InChI=1S/C16H13N3O6/c1-25-15-7-6-13(19(23)24)10-14(15)17-16(20)8-5-11-3-2-4-12(9-11)18(21)22/h2-10H,1H3,(H,17,20). The SMILES string of the molecule is COc1ccc([N+](=O)[O-])cc1NC(=O)C=Cc1cccc([N+](=O)[O-])c1. The van der Waals surface area contributed by atoms with Crippen LogP contribution >= 0.6 is 0 Å². The van der Waals surface area contributed by atoms with E-state index in [1.165, 1.54) is 49.6 Å². The maximum absolute atomic E-state index is 12.0. The molecule has 0 fully saturated rings. The number of non-ortho nitro benzene ring substituents is 2. The summed E-state index contributed by atoms with van der Waals surface area (Å²) in [5, 5.41) is 24.0. The van der Waals surface area contributed by atoms with Gasteiger partial charge in [-0.2, -0.15) is 0 Å². The average molecular weight is 343 g/mol. The molecule has 0 aromatic heterocycles. The maximum atomic E-state index is 12.0. The normalized spacial score (nSPS) is 10.4. The Labute approximate surface area is 141 Å². The number of methoxy groups -OCH3 is 1. The third kappa shape index (κ3) is 4.61. The highest BCUT2D eigenvalue weighted by Crippen LogP contribution is 2.28. The number of benzene rings is 2. The Hall–Kier alpha value is -3.75. The first-order chi connectivity index (χ1) is 11.9. The molecular formula is C16H13N3O6. The van der Waals surface area contributed by atoms with Crippen molar-refractivity contribution < 1.29 is 19.4 Å². The number of rotatable bonds is 6. The van der Waals surface area contributed by atoms with Gasteiger partial charge in [0.05, 0.1) is 22.6 Å². The van der Waals surface area contributed by atoms with E-state index in [2.05, 4.69) is 5.32 Å². The van der Waals surface area contributed by atoms with Gasteiger partial charge in [0.1, 0.15) is 5.75 Å². The van der Waals surface area contributed by atoms with Crippen LogP contribution in [-0.4, -0.2) is 22.9 Å². The second-order valence-electron chi connectivity index (χ2n) is 4.82. The molecule has 9 heteroatoms. The molecule has 25 heavy (non-hydrogen) atoms. The van der Waals surface area contributed by atoms with Crippen molar-refractivity contribution in [2.24, 2.45) is 0 Å². The molecule has 2 aromatic rings. The highest BCUT2D eigenvalue weighted by atomic mass is 16.6. The second kappa shape index (κ2) is 7.68. The monoisotopic (exact) mass is 343 g/mol. The van der Waals surface area contributed by atoms with Crippen LogP contribution in [-0.2, 0) is 4.79 Å². The van der Waals surface area contributed by atoms with E-state index in [4.69, 9.17) is 4.74 Å². The summed E-state index contributed by atoms with van der Waals surface area (Å²) in [6.45, 7) is 0. The number of hydrogen-bond donors (Lipinski definition) is 1. The third-order valence-electron chi connectivity index (χ3n) is 3.16. The fourth-order valence-electron chi connectivity index (χ4n) is 2.00. The van der Waals surface area contributed by atoms with Crippen molar-refractivity contribution in [3.8, 4) is 5.75 Å². The zero-order valence-corrected chi connectivity index (χ0v) is 13.0. The summed E-state index contributed by atoms with van der Waals surface area (Å²) in [4.78, 5) is 32.4. The van der Waals surface area contributed by atoms with Crippen LogP contribution in [0.4, 0.5) is 17.1 Å². The number of carbonyl (C=O) groups is 1. The van der Waals surface area contributed by atoms with Crippen LogP contribution in [0.3, 0.4) is 0 Å². The molecule has 0 bridgehead atoms. The van der Waals surface area contributed by atoms with Crippen LogP contribution in [0, 0.1) is 20.2 Å². The number of nitrogens with zero attached hydrogens (tertiary/aromatic N) is 2. The van der Waals surface area contributed by atoms with Crippen molar-refractivity contribution in [2.75, 3.05) is 12.4 Å². The lowest BCUT2D eigenvalue weighted by molar-refractivity contribution is -0.385. The molecule has 0 spiro atoms. The van der Waals surface area contributed by atoms with E-state index in [-0.39, 0.29) is 22.8 Å². The fourth-order valence-corrected chi connectivity index (χ4v) is 2.00. The summed E-state index contributed by atoms with van der Waals surface area (Å²) in [6.07, 6.45) is 2.56. The molecule has 0 heterocycles. The third-order valence-corrected chi connectivity index (χ3v) is 3.16. The second-order valence-corrected chi connectivity index (χ2v) is 4.82. The number of hydrogen-bond acceptors (Lipinski definition) is 6. The molecule has 128 valence electrons. The molecule has 0 aliphatic heterocycles. The molecule has 9 nitrogen and oxygen atoms in total. The quantitative estimate of drug-likeness (QED) is 0.488. The number of ether oxygens (including phenoxy) is 1. The molecule has 0 aliphatic rings. The number of nitro groups is 2. The van der Waals surface area contributed by atoms with E-state index >= 15 is 0 Å². The first kappa shape index (κ1) is 17.6. The van der Waals surface area contributed by atoms with Gasteiger partial charge in [0.25, 0.3) is 11.4 Å². The Bertz CT molecular complexity index is 863. The molecule has 0 radical (unpaired) electrons. The molecule has 0 aliphatic carbocycles. The fraction of sp³-hybridized carbons (Fsp3) is 0.0625. The number of anilines is 1. The number of amides is 1. The summed E-state index contributed by atoms with van der Waals surface area (Å²) >= 11 is 0. The molecule has 0 saturated heterocycles. The zero-order chi connectivity index (χ0) is 18.4. The highest BCUT2D eigenvalue weighted by molar-refractivity contribution is 6.03. The van der Waals surface area contributed by atoms with Crippen molar-refractivity contribution >= 4 is 29.0 Å². The van der Waals surface area contributed by atoms with Gasteiger partial charge >= 0.3 is 0 Å². The minimum absolute atomic E-state index is 0.0945. The van der Waals surface area contributed by atoms with Crippen LogP contribution in [0.15, 0.2) is 48.5 Å². The summed E-state index contributed by atoms with van der Waals surface area (Å²) in [5.41, 5.74) is 0.322. The predicted octanol–water partition coefficient (Wildman–Crippen LogP) is 3.16. The Balaban J connectivity index is 2.17. The smallest absolute Gasteiger partial charge is 0.271 e. The molecule has 2 rings (SSSR count). The first-order valence-electron chi connectivity index (χ1n) is 6.96. The lowest BCUT2D eigenvalue weighted by Gasteiger charge is -2.08. The summed E-state index contributed by atoms with van der Waals surface area (Å²) < 4.78 is 5.05. The summed E-state index contributed by atoms with van der Waals surface area (Å²) in [6, 6.07) is 9.57. The van der Waals surface area contributed by atoms with Crippen LogP contribution in [0.2, 0.25) is 0 Å². The molecule has 0 unspecified atom stereocenters. The van der Waals surface area contributed by atoms with E-state index in [1.807, 2.05) is 0 Å². The van der Waals surface area contributed by atoms with E-state index in [9.17, 15) is 25.0 Å². The Morgan fingerprint density at radius 1 is 1.08 bits per heavy atom. The summed E-state index contributed by atoms with van der Waals surface area (Å²) in [7, 11) is 1.37. The topological polar surface area (TPSA) is 125 Å². The largest absolute Gasteiger partial charge is 0.495 e. The number of carbonyl (C=O) groups excluding carboxylic acids is 1. The van der Waals surface area contributed by atoms with Gasteiger partial charge < -0.3 is 10.1 Å². The van der Waals surface area contributed by atoms with Crippen LogP contribution < -0.4 is 10.1 Å². The zero-order valence-electron chi connectivity index (χ0n) is 13.0. The van der Waals surface area contributed by atoms with E-state index in [0.717, 1.165) is 6.08 Å². The van der Waals surface area contributed by atoms with Gasteiger partial charge in [-0.3, -0.25) is 25.0 Å². The van der Waals surface area contributed by atoms with E-state index in [0.29, 0.717) is 5.56 Å². The highest BCUT2D eigenvalue weighted by Gasteiger charge is 2.12. The average Bonchev–Trinajstić information content (AvgIpc) is 2.60. The minimum atomic E-state index is -0.589. The van der Waals surface area contributed by atoms with Crippen LogP contribution in [0.1, 0.15) is 5.56 Å². The van der Waals surface area contributed by atoms with Gasteiger partial charge in [-0.05, 0) is 17.7 Å². The number of nitrogens with one attached hydrogen (secondary N) is 1. The van der Waals surface area contributed by atoms with Gasteiger partial charge in [0, 0.05) is 30.3 Å². The van der Waals surface area contributed by atoms with E-state index < -0.39 is 15.8 Å². The van der Waals surface area contributed by atoms with Crippen molar-refractivity contribution in [1.29, 1.82) is 0 Å². The first-order valence-corrected chi connectivity index (χ1v) is 6.96. The molecule has 2 aromatic carbocycles. The van der Waals surface area contributed by atoms with Gasteiger partial charge in [-0.1, -0.05) is 12.1 Å². The molecular weight excluding hydrogens is 330 g/mol. The molecule has 1 N–H and O–H groups in total. The number of nitro benzene ring substituents is 2. The van der Waals surface area contributed by atoms with Gasteiger partial charge in [-0.25, -0.2) is 0 Å². The minimum Gasteiger partial charge on any atom is -0.495 e. The van der Waals surface area contributed by atoms with Crippen molar-refractivity contribution in [1.82, 2.24) is 0 Å². The Kier molecular flexibility index (Phi) is 5.41. The predicted molar refractivity (Wildman–Crippen MR) is 90.4 cm³/mol. The summed E-state index contributed by atoms with van der Waals surface area (Å²) in [5.74, 6) is -0.298. The van der Waals surface area contributed by atoms with Crippen molar-refractivity contribution in [3.05, 3.63) is 74.3 Å². The Morgan fingerprint density at radius 3 is 2.40 bits per heavy atom. The molecule has 1 amide bonds. The van der Waals surface area contributed by atoms with Gasteiger partial charge in [0.15, 0.2) is 0 Å². The van der Waals surface area contributed by atoms with Crippen molar-refractivity contribution in [3.63, 3.8) is 0 Å². The van der Waals surface area contributed by atoms with Gasteiger partial charge in [-0.15, -0.1) is 0 Å². The molecule has 0 atom stereocenters. The molecule has 0 saturated carbocycles. The Morgan fingerprint density at radius 2 is 1.76 bits per heavy atom. The van der Waals surface area contributed by atoms with E-state index in [1.54, 1.807) is 6.07 Å². The van der Waals surface area contributed by atoms with Gasteiger partial charge in [0.2, 0.25) is 5.91 Å².